The van der Waals surface area contributed by atoms with E-state index in [-0.39, 0.29) is 10.9 Å². The number of aromatic nitrogens is 1. The van der Waals surface area contributed by atoms with Gasteiger partial charge in [-0.3, -0.25) is 4.72 Å². The first kappa shape index (κ1) is 13.9. The highest BCUT2D eigenvalue weighted by Crippen LogP contribution is 2.34. The smallest absolute Gasteiger partial charge is 0.0456 e. The lowest BCUT2D eigenvalue weighted by atomic mass is 9.90. The minimum atomic E-state index is -0.0198. The molecule has 2 aromatic rings. The number of aromatic amines is 1. The van der Waals surface area contributed by atoms with E-state index in [1.165, 1.54) is 29.3 Å². The van der Waals surface area contributed by atoms with Crippen molar-refractivity contribution >= 4 is 27.6 Å². The SMILES string of the molecule is C=S(NCC)N1CCC(c2c[nH]c3ccccc23)CC1. The van der Waals surface area contributed by atoms with E-state index in [9.17, 15) is 0 Å². The largest absolute Gasteiger partial charge is 0.361 e. The van der Waals surface area contributed by atoms with Gasteiger partial charge in [-0.05, 0) is 36.3 Å². The molecule has 1 unspecified atom stereocenters. The summed E-state index contributed by atoms with van der Waals surface area (Å²) in [5, 5.41) is 1.39. The normalized spacial score (nSPS) is 19.4. The highest BCUT2D eigenvalue weighted by molar-refractivity contribution is 8.10. The van der Waals surface area contributed by atoms with Gasteiger partial charge < -0.3 is 4.98 Å². The molecule has 1 aliphatic heterocycles. The van der Waals surface area contributed by atoms with Gasteiger partial charge in [-0.1, -0.05) is 36.0 Å². The molecule has 3 rings (SSSR count). The zero-order valence-corrected chi connectivity index (χ0v) is 12.9. The lowest BCUT2D eigenvalue weighted by Gasteiger charge is -2.33. The predicted molar refractivity (Wildman–Crippen MR) is 90.2 cm³/mol. The Morgan fingerprint density at radius 3 is 2.85 bits per heavy atom. The van der Waals surface area contributed by atoms with Crippen molar-refractivity contribution in [3.8, 4) is 0 Å². The van der Waals surface area contributed by atoms with E-state index in [4.69, 9.17) is 0 Å². The Bertz CT molecular complexity index is 597. The van der Waals surface area contributed by atoms with Crippen molar-refractivity contribution in [3.63, 3.8) is 0 Å². The van der Waals surface area contributed by atoms with Crippen LogP contribution in [-0.4, -0.2) is 34.8 Å². The fraction of sp³-hybridized carbons (Fsp3) is 0.438. The lowest BCUT2D eigenvalue weighted by Crippen LogP contribution is -2.32. The Hall–Kier alpha value is -1.10. The fourth-order valence-electron chi connectivity index (χ4n) is 3.08. The van der Waals surface area contributed by atoms with Gasteiger partial charge in [0.2, 0.25) is 0 Å². The van der Waals surface area contributed by atoms with Crippen LogP contribution >= 0.6 is 10.9 Å². The van der Waals surface area contributed by atoms with Crippen LogP contribution in [0.3, 0.4) is 0 Å². The van der Waals surface area contributed by atoms with Crippen molar-refractivity contribution in [3.05, 3.63) is 36.0 Å². The molecule has 20 heavy (non-hydrogen) atoms. The van der Waals surface area contributed by atoms with Gasteiger partial charge in [0.05, 0.1) is 0 Å². The summed E-state index contributed by atoms with van der Waals surface area (Å²) in [7, 11) is -0.0198. The zero-order chi connectivity index (χ0) is 13.9. The Kier molecular flexibility index (Phi) is 4.24. The van der Waals surface area contributed by atoms with Gasteiger partial charge in [-0.25, -0.2) is 4.31 Å². The van der Waals surface area contributed by atoms with Crippen LogP contribution in [0.1, 0.15) is 31.2 Å². The van der Waals surface area contributed by atoms with E-state index in [1.807, 2.05) is 0 Å². The second-order valence-corrected chi connectivity index (χ2v) is 6.89. The average molecular weight is 289 g/mol. The van der Waals surface area contributed by atoms with Gasteiger partial charge in [-0.15, -0.1) is 0 Å². The van der Waals surface area contributed by atoms with Gasteiger partial charge in [-0.2, -0.15) is 0 Å². The summed E-state index contributed by atoms with van der Waals surface area (Å²) in [5.74, 6) is 4.91. The molecular formula is C16H23N3S. The van der Waals surface area contributed by atoms with Crippen molar-refractivity contribution in [1.82, 2.24) is 14.0 Å². The highest BCUT2D eigenvalue weighted by atomic mass is 32.2. The third-order valence-electron chi connectivity index (χ3n) is 4.14. The first-order chi connectivity index (χ1) is 9.79. The maximum absolute atomic E-state index is 4.23. The molecule has 0 radical (unpaired) electrons. The number of hydrogen-bond acceptors (Lipinski definition) is 2. The maximum atomic E-state index is 4.23. The van der Waals surface area contributed by atoms with Gasteiger partial charge in [0.1, 0.15) is 0 Å². The molecule has 1 aromatic heterocycles. The van der Waals surface area contributed by atoms with E-state index >= 15 is 0 Å². The van der Waals surface area contributed by atoms with E-state index in [1.54, 1.807) is 0 Å². The minimum absolute atomic E-state index is 0.0198. The Morgan fingerprint density at radius 2 is 2.10 bits per heavy atom. The number of rotatable bonds is 4. The molecule has 1 aliphatic rings. The maximum Gasteiger partial charge on any atom is 0.0456 e. The lowest BCUT2D eigenvalue weighted by molar-refractivity contribution is 0.344. The monoisotopic (exact) mass is 289 g/mol. The van der Waals surface area contributed by atoms with Crippen LogP contribution in [0.15, 0.2) is 30.5 Å². The van der Waals surface area contributed by atoms with Crippen LogP contribution in [0.2, 0.25) is 0 Å². The van der Waals surface area contributed by atoms with Gasteiger partial charge in [0.15, 0.2) is 0 Å². The van der Waals surface area contributed by atoms with Crippen molar-refractivity contribution < 1.29 is 0 Å². The molecule has 0 bridgehead atoms. The van der Waals surface area contributed by atoms with Crippen LogP contribution < -0.4 is 4.72 Å². The standard InChI is InChI=1S/C16H23N3S/c1-3-18-20(2)19-10-8-13(9-11-19)15-12-17-16-7-5-4-6-14(15)16/h4-7,12-13,17-18H,2-3,8-11H2,1H3. The molecule has 4 heteroatoms. The molecule has 0 saturated carbocycles. The Balaban J connectivity index is 1.70. The molecule has 0 spiro atoms. The van der Waals surface area contributed by atoms with E-state index in [2.05, 4.69) is 57.3 Å². The molecule has 2 heterocycles. The molecule has 1 aromatic carbocycles. The molecule has 1 fully saturated rings. The van der Waals surface area contributed by atoms with E-state index in [0.717, 1.165) is 19.6 Å². The summed E-state index contributed by atoms with van der Waals surface area (Å²) < 4.78 is 5.91. The summed E-state index contributed by atoms with van der Waals surface area (Å²) in [5.41, 5.74) is 2.75. The number of para-hydroxylation sites is 1. The van der Waals surface area contributed by atoms with Crippen LogP contribution in [0.4, 0.5) is 0 Å². The second kappa shape index (κ2) is 6.12. The van der Waals surface area contributed by atoms with Gasteiger partial charge >= 0.3 is 0 Å². The number of fused-ring (bicyclic) bond motifs is 1. The third-order valence-corrected chi connectivity index (χ3v) is 5.75. The first-order valence-electron chi connectivity index (χ1n) is 7.38. The molecule has 2 N–H and O–H groups in total. The predicted octanol–water partition coefficient (Wildman–Crippen LogP) is 3.49. The van der Waals surface area contributed by atoms with Crippen LogP contribution in [0.25, 0.3) is 10.9 Å². The Labute approximate surface area is 123 Å². The average Bonchev–Trinajstić information content (AvgIpc) is 2.92. The van der Waals surface area contributed by atoms with Crippen molar-refractivity contribution in [2.45, 2.75) is 25.7 Å². The fourth-order valence-corrected chi connectivity index (χ4v) is 4.24. The summed E-state index contributed by atoms with van der Waals surface area (Å²) >= 11 is 0. The van der Waals surface area contributed by atoms with Crippen molar-refractivity contribution in [1.29, 1.82) is 0 Å². The molecule has 3 nitrogen and oxygen atoms in total. The number of hydrogen-bond donors (Lipinski definition) is 2. The van der Waals surface area contributed by atoms with Crippen LogP contribution in [0, 0.1) is 0 Å². The quantitative estimate of drug-likeness (QED) is 0.844. The molecule has 0 amide bonds. The second-order valence-electron chi connectivity index (χ2n) is 5.36. The number of nitrogens with one attached hydrogen (secondary N) is 2. The Morgan fingerprint density at radius 1 is 1.35 bits per heavy atom. The summed E-state index contributed by atoms with van der Waals surface area (Å²) in [6, 6.07) is 8.62. The van der Waals surface area contributed by atoms with Crippen molar-refractivity contribution in [2.24, 2.45) is 0 Å². The van der Waals surface area contributed by atoms with E-state index < -0.39 is 0 Å². The first-order valence-corrected chi connectivity index (χ1v) is 8.73. The van der Waals surface area contributed by atoms with Crippen molar-refractivity contribution in [2.75, 3.05) is 19.6 Å². The molecule has 1 saturated heterocycles. The highest BCUT2D eigenvalue weighted by Gasteiger charge is 2.23. The molecule has 1 atom stereocenters. The van der Waals surface area contributed by atoms with Crippen LogP contribution in [-0.2, 0) is 0 Å². The molecule has 108 valence electrons. The number of H-pyrrole nitrogens is 1. The third kappa shape index (κ3) is 2.68. The summed E-state index contributed by atoms with van der Waals surface area (Å²) in [4.78, 5) is 3.40. The van der Waals surface area contributed by atoms with Gasteiger partial charge in [0.25, 0.3) is 0 Å². The van der Waals surface area contributed by atoms with Crippen LogP contribution in [0.5, 0.6) is 0 Å². The van der Waals surface area contributed by atoms with E-state index in [0.29, 0.717) is 5.92 Å². The van der Waals surface area contributed by atoms with Gasteiger partial charge in [0, 0.05) is 36.7 Å². The zero-order valence-electron chi connectivity index (χ0n) is 12.1. The number of piperidine rings is 1. The topological polar surface area (TPSA) is 31.1 Å². The number of nitrogens with zero attached hydrogens (tertiary/aromatic N) is 1. The molecular weight excluding hydrogens is 266 g/mol. The summed E-state index contributed by atoms with van der Waals surface area (Å²) in [6.45, 7) is 5.42. The molecule has 0 aliphatic carbocycles. The summed E-state index contributed by atoms with van der Waals surface area (Å²) in [6.07, 6.45) is 4.66. The minimum Gasteiger partial charge on any atom is -0.361 e. The number of benzene rings is 1.